The summed E-state index contributed by atoms with van der Waals surface area (Å²) in [5.74, 6) is 5.52. The summed E-state index contributed by atoms with van der Waals surface area (Å²) in [4.78, 5) is 0. The van der Waals surface area contributed by atoms with Gasteiger partial charge in [0.05, 0.1) is 6.10 Å². The third-order valence-electron chi connectivity index (χ3n) is 11.5. The van der Waals surface area contributed by atoms with Crippen molar-refractivity contribution in [2.45, 2.75) is 119 Å². The summed E-state index contributed by atoms with van der Waals surface area (Å²) in [5.41, 5.74) is 4.71. The Kier molecular flexibility index (Phi) is 6.28. The summed E-state index contributed by atoms with van der Waals surface area (Å²) in [5, 5.41) is 10.5. The molecule has 4 rings (SSSR count). The number of allylic oxidation sites excluding steroid dienone is 2. The lowest BCUT2D eigenvalue weighted by Gasteiger charge is -2.56. The fraction of sp³-hybridized carbons (Fsp3) is 0.931. The molecule has 0 amide bonds. The molecule has 2 fully saturated rings. The molecule has 30 heavy (non-hydrogen) atoms. The van der Waals surface area contributed by atoms with Crippen LogP contribution in [-0.2, 0) is 0 Å². The predicted molar refractivity (Wildman–Crippen MR) is 128 cm³/mol. The third kappa shape index (κ3) is 3.54. The second kappa shape index (κ2) is 8.24. The van der Waals surface area contributed by atoms with E-state index < -0.39 is 0 Å². The fourth-order valence-electron chi connectivity index (χ4n) is 8.94. The molecule has 0 saturated heterocycles. The standard InChI is InChI=1S/C29H50O/c1-18(2)19(3)8-9-20(4)23-12-13-25-22-10-11-24-21(5)27(30)15-17-29(24,7)26(22)14-16-28(23,25)6/h18-21,23-25,27,30H,8-17H2,1-7H3/t19?,20-,21?,23-,24?,25+,27+,28-,29+/m1/s1. The number of fused-ring (bicyclic) bond motifs is 4. The minimum absolute atomic E-state index is 0.0657. The summed E-state index contributed by atoms with van der Waals surface area (Å²) < 4.78 is 0. The van der Waals surface area contributed by atoms with Crippen molar-refractivity contribution < 1.29 is 5.11 Å². The average Bonchev–Trinajstić information content (AvgIpc) is 3.06. The van der Waals surface area contributed by atoms with Gasteiger partial charge in [0.1, 0.15) is 0 Å². The molecule has 0 aromatic carbocycles. The van der Waals surface area contributed by atoms with E-state index in [-0.39, 0.29) is 6.10 Å². The first-order valence-corrected chi connectivity index (χ1v) is 13.5. The van der Waals surface area contributed by atoms with Crippen LogP contribution in [0.2, 0.25) is 0 Å². The van der Waals surface area contributed by atoms with Crippen LogP contribution in [0.4, 0.5) is 0 Å². The fourth-order valence-corrected chi connectivity index (χ4v) is 8.94. The van der Waals surface area contributed by atoms with Gasteiger partial charge in [-0.05, 0) is 104 Å². The summed E-state index contributed by atoms with van der Waals surface area (Å²) in [6, 6.07) is 0. The molecule has 9 atom stereocenters. The van der Waals surface area contributed by atoms with Crippen LogP contribution in [0, 0.1) is 52.3 Å². The zero-order valence-electron chi connectivity index (χ0n) is 21.1. The molecule has 0 radical (unpaired) electrons. The molecule has 0 aliphatic heterocycles. The van der Waals surface area contributed by atoms with E-state index in [0.29, 0.717) is 22.7 Å². The maximum atomic E-state index is 10.5. The SMILES string of the molecule is CC(C)C(C)CC[C@@H](C)[C@H]1CC[C@H]2C3=C(CC[C@]12C)[C@@]1(C)CC[C@H](O)C(C)C1CC3. The van der Waals surface area contributed by atoms with Gasteiger partial charge in [0.2, 0.25) is 0 Å². The van der Waals surface area contributed by atoms with Gasteiger partial charge in [-0.25, -0.2) is 0 Å². The van der Waals surface area contributed by atoms with E-state index in [2.05, 4.69) is 48.5 Å². The molecule has 3 unspecified atom stereocenters. The molecule has 4 aliphatic rings. The molecule has 2 saturated carbocycles. The lowest BCUT2D eigenvalue weighted by atomic mass is 9.49. The van der Waals surface area contributed by atoms with Crippen molar-refractivity contribution in [3.8, 4) is 0 Å². The minimum Gasteiger partial charge on any atom is -0.393 e. The second-order valence-electron chi connectivity index (χ2n) is 13.0. The van der Waals surface area contributed by atoms with Gasteiger partial charge in [0, 0.05) is 0 Å². The first-order valence-electron chi connectivity index (χ1n) is 13.5. The quantitative estimate of drug-likeness (QED) is 0.451. The van der Waals surface area contributed by atoms with Crippen molar-refractivity contribution in [1.29, 1.82) is 0 Å². The normalized spacial score (nSPS) is 45.7. The monoisotopic (exact) mass is 414 g/mol. The predicted octanol–water partition coefficient (Wildman–Crippen LogP) is 8.02. The molecule has 1 N–H and O–H groups in total. The smallest absolute Gasteiger partial charge is 0.0569 e. The highest BCUT2D eigenvalue weighted by molar-refractivity contribution is 5.34. The van der Waals surface area contributed by atoms with Crippen LogP contribution < -0.4 is 0 Å². The topological polar surface area (TPSA) is 20.2 Å². The van der Waals surface area contributed by atoms with Crippen molar-refractivity contribution in [3.63, 3.8) is 0 Å². The summed E-state index contributed by atoms with van der Waals surface area (Å²) >= 11 is 0. The Morgan fingerprint density at radius 3 is 2.37 bits per heavy atom. The van der Waals surface area contributed by atoms with Crippen molar-refractivity contribution in [3.05, 3.63) is 11.1 Å². The maximum absolute atomic E-state index is 10.5. The first-order chi connectivity index (χ1) is 14.1. The Hall–Kier alpha value is -0.300. The number of hydrogen-bond donors (Lipinski definition) is 1. The molecule has 0 bridgehead atoms. The van der Waals surface area contributed by atoms with E-state index in [1.807, 2.05) is 11.1 Å². The Bertz CT molecular complexity index is 661. The van der Waals surface area contributed by atoms with Crippen molar-refractivity contribution >= 4 is 0 Å². The molecule has 0 aromatic rings. The summed E-state index contributed by atoms with van der Waals surface area (Å²) in [6.07, 6.45) is 13.3. The lowest BCUT2D eigenvalue weighted by molar-refractivity contribution is -0.0336. The van der Waals surface area contributed by atoms with E-state index in [1.54, 1.807) is 0 Å². The molecule has 1 nitrogen and oxygen atoms in total. The Labute approximate surface area is 187 Å². The van der Waals surface area contributed by atoms with Crippen LogP contribution in [0.5, 0.6) is 0 Å². The van der Waals surface area contributed by atoms with Crippen LogP contribution in [0.3, 0.4) is 0 Å². The van der Waals surface area contributed by atoms with Gasteiger partial charge in [0.15, 0.2) is 0 Å². The third-order valence-corrected chi connectivity index (χ3v) is 11.5. The highest BCUT2D eigenvalue weighted by Gasteiger charge is 2.56. The number of hydrogen-bond acceptors (Lipinski definition) is 1. The van der Waals surface area contributed by atoms with E-state index >= 15 is 0 Å². The molecule has 1 heteroatoms. The molecule has 0 spiro atoms. The molecule has 0 aromatic heterocycles. The Morgan fingerprint density at radius 1 is 0.933 bits per heavy atom. The molecule has 0 heterocycles. The van der Waals surface area contributed by atoms with Gasteiger partial charge in [-0.15, -0.1) is 0 Å². The van der Waals surface area contributed by atoms with Gasteiger partial charge in [-0.3, -0.25) is 0 Å². The number of rotatable bonds is 5. The van der Waals surface area contributed by atoms with Crippen molar-refractivity contribution in [1.82, 2.24) is 0 Å². The van der Waals surface area contributed by atoms with Crippen LogP contribution in [0.25, 0.3) is 0 Å². The van der Waals surface area contributed by atoms with Gasteiger partial charge < -0.3 is 5.11 Å². The summed E-state index contributed by atoms with van der Waals surface area (Å²) in [7, 11) is 0. The highest BCUT2D eigenvalue weighted by Crippen LogP contribution is 2.66. The largest absolute Gasteiger partial charge is 0.393 e. The van der Waals surface area contributed by atoms with Gasteiger partial charge in [-0.2, -0.15) is 0 Å². The maximum Gasteiger partial charge on any atom is 0.0569 e. The van der Waals surface area contributed by atoms with E-state index in [4.69, 9.17) is 0 Å². The van der Waals surface area contributed by atoms with E-state index in [1.165, 1.54) is 57.8 Å². The molecular formula is C29H50O. The zero-order valence-corrected chi connectivity index (χ0v) is 21.1. The first kappa shape index (κ1) is 22.9. The van der Waals surface area contributed by atoms with E-state index in [0.717, 1.165) is 36.0 Å². The van der Waals surface area contributed by atoms with Crippen LogP contribution in [0.15, 0.2) is 11.1 Å². The Balaban J connectivity index is 1.54. The van der Waals surface area contributed by atoms with Gasteiger partial charge in [-0.1, -0.05) is 72.5 Å². The zero-order chi connectivity index (χ0) is 21.8. The van der Waals surface area contributed by atoms with Gasteiger partial charge >= 0.3 is 0 Å². The van der Waals surface area contributed by atoms with Crippen LogP contribution in [-0.4, -0.2) is 11.2 Å². The second-order valence-corrected chi connectivity index (χ2v) is 13.0. The molecular weight excluding hydrogens is 364 g/mol. The van der Waals surface area contributed by atoms with Crippen molar-refractivity contribution in [2.75, 3.05) is 0 Å². The van der Waals surface area contributed by atoms with Crippen molar-refractivity contribution in [2.24, 2.45) is 52.3 Å². The Morgan fingerprint density at radius 2 is 1.67 bits per heavy atom. The lowest BCUT2D eigenvalue weighted by Crippen LogP contribution is -2.49. The number of aliphatic hydroxyl groups excluding tert-OH is 1. The van der Waals surface area contributed by atoms with Crippen LogP contribution >= 0.6 is 0 Å². The number of aliphatic hydroxyl groups is 1. The minimum atomic E-state index is -0.0657. The average molecular weight is 415 g/mol. The van der Waals surface area contributed by atoms with E-state index in [9.17, 15) is 5.11 Å². The van der Waals surface area contributed by atoms with Gasteiger partial charge in [0.25, 0.3) is 0 Å². The highest BCUT2D eigenvalue weighted by atomic mass is 16.3. The molecule has 172 valence electrons. The molecule has 4 aliphatic carbocycles. The summed E-state index contributed by atoms with van der Waals surface area (Å²) in [6.45, 7) is 17.4. The van der Waals surface area contributed by atoms with Crippen LogP contribution in [0.1, 0.15) is 113 Å².